The number of ether oxygens (including phenoxy) is 1. The number of nitrogens with zero attached hydrogens (tertiary/aromatic N) is 3. The fourth-order valence-electron chi connectivity index (χ4n) is 3.53. The molecule has 160 valence electrons. The predicted octanol–water partition coefficient (Wildman–Crippen LogP) is 5.11. The zero-order valence-corrected chi connectivity index (χ0v) is 19.7. The number of pyridine rings is 1. The van der Waals surface area contributed by atoms with Gasteiger partial charge >= 0.3 is 0 Å². The highest BCUT2D eigenvalue weighted by Crippen LogP contribution is 2.27. The molecule has 1 saturated heterocycles. The number of methoxy groups -OCH3 is 1. The summed E-state index contributed by atoms with van der Waals surface area (Å²) in [5, 5.41) is 0.785. The van der Waals surface area contributed by atoms with Crippen LogP contribution < -0.4 is 9.64 Å². The van der Waals surface area contributed by atoms with Gasteiger partial charge in [-0.3, -0.25) is 4.79 Å². The number of carbonyl (C=O) groups excluding carboxylic acids is 1. The minimum atomic E-state index is 0.0563. The van der Waals surface area contributed by atoms with Crippen molar-refractivity contribution in [1.29, 1.82) is 0 Å². The molecule has 0 bridgehead atoms. The Bertz CT molecular complexity index is 1020. The van der Waals surface area contributed by atoms with Crippen molar-refractivity contribution in [2.45, 2.75) is 10.8 Å². The largest absolute Gasteiger partial charge is 0.497 e. The monoisotopic (exact) mass is 497 g/mol. The van der Waals surface area contributed by atoms with E-state index in [0.717, 1.165) is 39.8 Å². The molecular weight excluding hydrogens is 474 g/mol. The molecule has 0 unspecified atom stereocenters. The molecule has 1 amide bonds. The second-order valence-electron chi connectivity index (χ2n) is 7.25. The van der Waals surface area contributed by atoms with Crippen LogP contribution in [0, 0.1) is 0 Å². The van der Waals surface area contributed by atoms with E-state index in [9.17, 15) is 4.79 Å². The second-order valence-corrected chi connectivity index (χ2v) is 9.13. The van der Waals surface area contributed by atoms with E-state index in [2.05, 4.69) is 50.1 Å². The van der Waals surface area contributed by atoms with Gasteiger partial charge in [-0.1, -0.05) is 28.1 Å². The van der Waals surface area contributed by atoms with Crippen molar-refractivity contribution in [2.24, 2.45) is 0 Å². The quantitative estimate of drug-likeness (QED) is 0.443. The maximum atomic E-state index is 13.2. The highest BCUT2D eigenvalue weighted by molar-refractivity contribution is 9.10. The molecule has 31 heavy (non-hydrogen) atoms. The van der Waals surface area contributed by atoms with Gasteiger partial charge in [-0.2, -0.15) is 0 Å². The van der Waals surface area contributed by atoms with Gasteiger partial charge < -0.3 is 14.5 Å². The van der Waals surface area contributed by atoms with Gasteiger partial charge in [-0.05, 0) is 54.1 Å². The molecule has 1 aliphatic heterocycles. The Morgan fingerprint density at radius 3 is 2.42 bits per heavy atom. The smallest absolute Gasteiger partial charge is 0.256 e. The molecule has 5 nitrogen and oxygen atoms in total. The lowest BCUT2D eigenvalue weighted by Gasteiger charge is -2.36. The molecule has 2 heterocycles. The summed E-state index contributed by atoms with van der Waals surface area (Å²) in [5.41, 5.74) is 3.04. The zero-order chi connectivity index (χ0) is 21.6. The van der Waals surface area contributed by atoms with Crippen LogP contribution >= 0.6 is 27.7 Å². The molecule has 1 fully saturated rings. The molecule has 1 aliphatic rings. The molecule has 1 aromatic heterocycles. The first-order valence-electron chi connectivity index (χ1n) is 10.1. The number of amides is 1. The van der Waals surface area contributed by atoms with Crippen molar-refractivity contribution >= 4 is 39.3 Å². The Morgan fingerprint density at radius 1 is 1.03 bits per heavy atom. The molecule has 3 aromatic rings. The van der Waals surface area contributed by atoms with E-state index in [1.165, 1.54) is 5.56 Å². The predicted molar refractivity (Wildman–Crippen MR) is 129 cm³/mol. The van der Waals surface area contributed by atoms with E-state index in [1.54, 1.807) is 25.1 Å². The van der Waals surface area contributed by atoms with Crippen LogP contribution in [-0.2, 0) is 5.75 Å². The Morgan fingerprint density at radius 2 is 1.74 bits per heavy atom. The van der Waals surface area contributed by atoms with Gasteiger partial charge in [0.1, 0.15) is 10.8 Å². The molecule has 0 N–H and O–H groups in total. The highest BCUT2D eigenvalue weighted by atomic mass is 79.9. The van der Waals surface area contributed by atoms with Crippen LogP contribution in [0.25, 0.3) is 0 Å². The number of benzene rings is 2. The molecule has 2 aromatic carbocycles. The van der Waals surface area contributed by atoms with E-state index in [-0.39, 0.29) is 5.91 Å². The Kier molecular flexibility index (Phi) is 7.14. The van der Waals surface area contributed by atoms with Crippen LogP contribution in [0.3, 0.4) is 0 Å². The van der Waals surface area contributed by atoms with Crippen molar-refractivity contribution in [3.05, 3.63) is 82.5 Å². The molecule has 7 heteroatoms. The van der Waals surface area contributed by atoms with Gasteiger partial charge in [0, 0.05) is 48.3 Å². The summed E-state index contributed by atoms with van der Waals surface area (Å²) in [6, 6.07) is 20.0. The van der Waals surface area contributed by atoms with Crippen molar-refractivity contribution < 1.29 is 9.53 Å². The molecule has 0 aliphatic carbocycles. The van der Waals surface area contributed by atoms with Crippen molar-refractivity contribution in [1.82, 2.24) is 9.88 Å². The van der Waals surface area contributed by atoms with E-state index >= 15 is 0 Å². The molecule has 0 radical (unpaired) electrons. The summed E-state index contributed by atoms with van der Waals surface area (Å²) in [5.74, 6) is 1.68. The molecule has 4 rings (SSSR count). The van der Waals surface area contributed by atoms with Crippen molar-refractivity contribution in [3.8, 4) is 5.75 Å². The summed E-state index contributed by atoms with van der Waals surface area (Å²) < 4.78 is 6.30. The molecule has 0 atom stereocenters. The van der Waals surface area contributed by atoms with E-state index < -0.39 is 0 Å². The number of carbonyl (C=O) groups is 1. The third-order valence-corrected chi connectivity index (χ3v) is 6.90. The van der Waals surface area contributed by atoms with Crippen LogP contribution in [0.2, 0.25) is 0 Å². The van der Waals surface area contributed by atoms with Crippen LogP contribution in [0.4, 0.5) is 5.69 Å². The van der Waals surface area contributed by atoms with Gasteiger partial charge in [-0.15, -0.1) is 11.8 Å². The first kappa shape index (κ1) is 21.7. The number of halogens is 1. The summed E-state index contributed by atoms with van der Waals surface area (Å²) in [6.07, 6.45) is 1.75. The van der Waals surface area contributed by atoms with Crippen LogP contribution in [0.1, 0.15) is 15.9 Å². The Balaban J connectivity index is 1.39. The number of hydrogen-bond acceptors (Lipinski definition) is 5. The van der Waals surface area contributed by atoms with Gasteiger partial charge in [0.25, 0.3) is 5.91 Å². The molecular formula is C24H24BrN3O2S. The average molecular weight is 498 g/mol. The number of anilines is 1. The minimum Gasteiger partial charge on any atom is -0.497 e. The summed E-state index contributed by atoms with van der Waals surface area (Å²) in [4.78, 5) is 22.0. The Hall–Kier alpha value is -2.51. The van der Waals surface area contributed by atoms with Crippen LogP contribution in [0.15, 0.2) is 76.4 Å². The average Bonchev–Trinajstić information content (AvgIpc) is 2.83. The van der Waals surface area contributed by atoms with Gasteiger partial charge in [0.05, 0.1) is 12.7 Å². The number of piperazine rings is 1. The van der Waals surface area contributed by atoms with Crippen LogP contribution in [0.5, 0.6) is 5.75 Å². The van der Waals surface area contributed by atoms with Gasteiger partial charge in [0.15, 0.2) is 0 Å². The Labute approximate surface area is 195 Å². The number of rotatable bonds is 6. The van der Waals surface area contributed by atoms with Crippen LogP contribution in [-0.4, -0.2) is 49.1 Å². The van der Waals surface area contributed by atoms with Crippen molar-refractivity contribution in [3.63, 3.8) is 0 Å². The maximum Gasteiger partial charge on any atom is 0.256 e. The molecule has 0 saturated carbocycles. The lowest BCUT2D eigenvalue weighted by molar-refractivity contribution is 0.0742. The van der Waals surface area contributed by atoms with E-state index in [1.807, 2.05) is 41.3 Å². The van der Waals surface area contributed by atoms with Gasteiger partial charge in [-0.25, -0.2) is 4.98 Å². The topological polar surface area (TPSA) is 45.7 Å². The third kappa shape index (κ3) is 5.40. The normalized spacial score (nSPS) is 13.9. The third-order valence-electron chi connectivity index (χ3n) is 5.29. The minimum absolute atomic E-state index is 0.0563. The fraction of sp³-hybridized carbons (Fsp3) is 0.250. The summed E-state index contributed by atoms with van der Waals surface area (Å²) in [7, 11) is 1.67. The first-order valence-corrected chi connectivity index (χ1v) is 11.9. The van der Waals surface area contributed by atoms with E-state index in [4.69, 9.17) is 4.74 Å². The first-order chi connectivity index (χ1) is 15.1. The molecule has 0 spiro atoms. The maximum absolute atomic E-state index is 13.2. The summed E-state index contributed by atoms with van der Waals surface area (Å²) in [6.45, 7) is 2.99. The SMILES string of the molecule is COc1ccc(N2CCN(C(=O)c3cccnc3SCc3ccc(Br)cc3)CC2)cc1. The summed E-state index contributed by atoms with van der Waals surface area (Å²) >= 11 is 5.07. The fourth-order valence-corrected chi connectivity index (χ4v) is 4.74. The van der Waals surface area contributed by atoms with Gasteiger partial charge in [0.2, 0.25) is 0 Å². The van der Waals surface area contributed by atoms with E-state index in [0.29, 0.717) is 18.7 Å². The lowest BCUT2D eigenvalue weighted by atomic mass is 10.2. The van der Waals surface area contributed by atoms with Crippen molar-refractivity contribution in [2.75, 3.05) is 38.2 Å². The standard InChI is InChI=1S/C24H24BrN3O2S/c1-30-21-10-8-20(9-11-21)27-13-15-28(16-14-27)24(29)22-3-2-12-26-23(22)31-17-18-4-6-19(25)7-5-18/h2-12H,13-17H2,1H3. The number of hydrogen-bond donors (Lipinski definition) is 0. The highest BCUT2D eigenvalue weighted by Gasteiger charge is 2.24. The second kappa shape index (κ2) is 10.2. The number of thioether (sulfide) groups is 1. The number of aromatic nitrogens is 1. The zero-order valence-electron chi connectivity index (χ0n) is 17.3. The lowest BCUT2D eigenvalue weighted by Crippen LogP contribution is -2.48.